The van der Waals surface area contributed by atoms with Crippen LogP contribution in [0.3, 0.4) is 0 Å². The molecular weight excluding hydrogens is 352 g/mol. The van der Waals surface area contributed by atoms with Gasteiger partial charge in [-0.1, -0.05) is 60.7 Å². The SMILES string of the molecule is NN(Cc1ccc(-c2ccccn2)cc1)CC(O)C(Cc1ccccc1)NO. The van der Waals surface area contributed by atoms with Crippen LogP contribution in [0.1, 0.15) is 11.1 Å². The highest BCUT2D eigenvalue weighted by molar-refractivity contribution is 5.58. The predicted molar refractivity (Wildman–Crippen MR) is 109 cm³/mol. The van der Waals surface area contributed by atoms with Crippen LogP contribution in [0.5, 0.6) is 0 Å². The standard InChI is InChI=1S/C22H26N4O2/c23-26(16-22(27)21(25-28)14-17-6-2-1-3-7-17)15-18-9-11-19(12-10-18)20-8-4-5-13-24-20/h1-13,21-22,25,27-28H,14-16,23H2. The van der Waals surface area contributed by atoms with E-state index >= 15 is 0 Å². The Labute approximate surface area is 165 Å². The summed E-state index contributed by atoms with van der Waals surface area (Å²) in [6, 6.07) is 23.1. The number of nitrogens with zero attached hydrogens (tertiary/aromatic N) is 2. The first kappa shape index (κ1) is 20.1. The second kappa shape index (κ2) is 10.1. The molecule has 6 nitrogen and oxygen atoms in total. The highest BCUT2D eigenvalue weighted by Gasteiger charge is 2.21. The number of hydroxylamine groups is 1. The van der Waals surface area contributed by atoms with Crippen molar-refractivity contribution in [2.24, 2.45) is 5.84 Å². The van der Waals surface area contributed by atoms with Crippen molar-refractivity contribution < 1.29 is 10.3 Å². The fourth-order valence-electron chi connectivity index (χ4n) is 3.12. The molecule has 2 aromatic carbocycles. The lowest BCUT2D eigenvalue weighted by Crippen LogP contribution is -2.48. The number of hydrazine groups is 1. The van der Waals surface area contributed by atoms with E-state index in [2.05, 4.69) is 10.5 Å². The molecule has 0 fully saturated rings. The number of aromatic nitrogens is 1. The minimum atomic E-state index is -0.817. The van der Waals surface area contributed by atoms with Gasteiger partial charge in [0.25, 0.3) is 0 Å². The van der Waals surface area contributed by atoms with Crippen LogP contribution in [-0.2, 0) is 13.0 Å². The molecule has 0 spiro atoms. The Balaban J connectivity index is 1.54. The Morgan fingerprint density at radius 2 is 1.64 bits per heavy atom. The zero-order chi connectivity index (χ0) is 19.8. The van der Waals surface area contributed by atoms with Crippen LogP contribution in [0, 0.1) is 0 Å². The van der Waals surface area contributed by atoms with Gasteiger partial charge >= 0.3 is 0 Å². The molecule has 2 atom stereocenters. The summed E-state index contributed by atoms with van der Waals surface area (Å²) in [5, 5.41) is 21.4. The van der Waals surface area contributed by atoms with Gasteiger partial charge in [0.05, 0.1) is 17.8 Å². The molecular formula is C22H26N4O2. The maximum atomic E-state index is 10.5. The quantitative estimate of drug-likeness (QED) is 0.337. The van der Waals surface area contributed by atoms with E-state index in [4.69, 9.17) is 5.84 Å². The smallest absolute Gasteiger partial charge is 0.0859 e. The van der Waals surface area contributed by atoms with Crippen molar-refractivity contribution in [1.29, 1.82) is 0 Å². The van der Waals surface area contributed by atoms with Gasteiger partial charge in [-0.05, 0) is 29.7 Å². The normalized spacial score (nSPS) is 13.4. The van der Waals surface area contributed by atoms with Gasteiger partial charge in [0.2, 0.25) is 0 Å². The number of aliphatic hydroxyl groups excluding tert-OH is 1. The summed E-state index contributed by atoms with van der Waals surface area (Å²) in [5.41, 5.74) is 6.23. The fourth-order valence-corrected chi connectivity index (χ4v) is 3.12. The maximum absolute atomic E-state index is 10.5. The molecule has 1 aromatic heterocycles. The third kappa shape index (κ3) is 5.69. The number of benzene rings is 2. The van der Waals surface area contributed by atoms with E-state index in [1.165, 1.54) is 0 Å². The molecule has 2 unspecified atom stereocenters. The van der Waals surface area contributed by atoms with E-state index in [1.807, 2.05) is 72.8 Å². The summed E-state index contributed by atoms with van der Waals surface area (Å²) < 4.78 is 0. The lowest BCUT2D eigenvalue weighted by molar-refractivity contribution is 0.0180. The molecule has 3 rings (SSSR count). The minimum absolute atomic E-state index is 0.229. The van der Waals surface area contributed by atoms with Crippen LogP contribution < -0.4 is 11.3 Å². The zero-order valence-electron chi connectivity index (χ0n) is 15.6. The molecule has 0 saturated heterocycles. The van der Waals surface area contributed by atoms with Gasteiger partial charge in [0.1, 0.15) is 0 Å². The molecule has 0 bridgehead atoms. The van der Waals surface area contributed by atoms with Crippen LogP contribution in [0.15, 0.2) is 79.0 Å². The van der Waals surface area contributed by atoms with Gasteiger partial charge in [0, 0.05) is 24.8 Å². The topological polar surface area (TPSA) is 94.6 Å². The lowest BCUT2D eigenvalue weighted by atomic mass is 10.0. The van der Waals surface area contributed by atoms with Gasteiger partial charge in [-0.2, -0.15) is 5.48 Å². The van der Waals surface area contributed by atoms with Crippen LogP contribution >= 0.6 is 0 Å². The number of nitrogens with two attached hydrogens (primary N) is 1. The number of nitrogens with one attached hydrogen (secondary N) is 1. The van der Waals surface area contributed by atoms with Gasteiger partial charge < -0.3 is 10.3 Å². The van der Waals surface area contributed by atoms with Gasteiger partial charge in [0.15, 0.2) is 0 Å². The van der Waals surface area contributed by atoms with Crippen LogP contribution in [0.25, 0.3) is 11.3 Å². The molecule has 0 aliphatic carbocycles. The largest absolute Gasteiger partial charge is 0.390 e. The molecule has 0 amide bonds. The summed E-state index contributed by atoms with van der Waals surface area (Å²) in [4.78, 5) is 4.34. The van der Waals surface area contributed by atoms with Gasteiger partial charge in [-0.3, -0.25) is 10.8 Å². The summed E-state index contributed by atoms with van der Waals surface area (Å²) in [6.45, 7) is 0.718. The van der Waals surface area contributed by atoms with Crippen LogP contribution in [-0.4, -0.2) is 39.0 Å². The molecule has 1 heterocycles. The van der Waals surface area contributed by atoms with E-state index < -0.39 is 12.1 Å². The molecule has 0 saturated carbocycles. The van der Waals surface area contributed by atoms with Crippen molar-refractivity contribution in [2.45, 2.75) is 25.1 Å². The molecule has 6 heteroatoms. The van der Waals surface area contributed by atoms with Crippen molar-refractivity contribution in [1.82, 2.24) is 15.5 Å². The second-order valence-electron chi connectivity index (χ2n) is 6.83. The van der Waals surface area contributed by atoms with E-state index in [9.17, 15) is 10.3 Å². The molecule has 28 heavy (non-hydrogen) atoms. The predicted octanol–water partition coefficient (Wildman–Crippen LogP) is 2.38. The monoisotopic (exact) mass is 378 g/mol. The first-order chi connectivity index (χ1) is 13.7. The molecule has 3 aromatic rings. The molecule has 146 valence electrons. The second-order valence-corrected chi connectivity index (χ2v) is 6.83. The van der Waals surface area contributed by atoms with Crippen LogP contribution in [0.4, 0.5) is 0 Å². The number of aliphatic hydroxyl groups is 1. The number of pyridine rings is 1. The summed E-state index contributed by atoms with van der Waals surface area (Å²) >= 11 is 0. The number of hydrogen-bond acceptors (Lipinski definition) is 6. The average molecular weight is 378 g/mol. The lowest BCUT2D eigenvalue weighted by Gasteiger charge is -2.26. The first-order valence-corrected chi connectivity index (χ1v) is 9.27. The highest BCUT2D eigenvalue weighted by atomic mass is 16.5. The van der Waals surface area contributed by atoms with Crippen molar-refractivity contribution in [3.8, 4) is 11.3 Å². The zero-order valence-corrected chi connectivity index (χ0v) is 15.6. The molecule has 0 radical (unpaired) electrons. The Hall–Kier alpha value is -2.61. The highest BCUT2D eigenvalue weighted by Crippen LogP contribution is 2.17. The van der Waals surface area contributed by atoms with E-state index in [0.717, 1.165) is 22.4 Å². The summed E-state index contributed by atoms with van der Waals surface area (Å²) in [5.74, 6) is 6.09. The minimum Gasteiger partial charge on any atom is -0.390 e. The van der Waals surface area contributed by atoms with Crippen molar-refractivity contribution >= 4 is 0 Å². The Kier molecular flexibility index (Phi) is 7.25. The van der Waals surface area contributed by atoms with E-state index in [0.29, 0.717) is 13.0 Å². The fraction of sp³-hybridized carbons (Fsp3) is 0.227. The molecule has 0 aliphatic heterocycles. The summed E-state index contributed by atoms with van der Waals surface area (Å²) in [7, 11) is 0. The first-order valence-electron chi connectivity index (χ1n) is 9.27. The molecule has 0 aliphatic rings. The summed E-state index contributed by atoms with van der Waals surface area (Å²) in [6.07, 6.45) is 1.46. The van der Waals surface area contributed by atoms with Gasteiger partial charge in [-0.25, -0.2) is 5.01 Å². The van der Waals surface area contributed by atoms with E-state index in [-0.39, 0.29) is 6.54 Å². The Bertz CT molecular complexity index is 828. The van der Waals surface area contributed by atoms with Crippen LogP contribution in [0.2, 0.25) is 0 Å². The Morgan fingerprint density at radius 1 is 0.929 bits per heavy atom. The third-order valence-electron chi connectivity index (χ3n) is 4.65. The van der Waals surface area contributed by atoms with Crippen molar-refractivity contribution in [3.05, 3.63) is 90.1 Å². The average Bonchev–Trinajstić information content (AvgIpc) is 2.73. The van der Waals surface area contributed by atoms with Gasteiger partial charge in [-0.15, -0.1) is 0 Å². The Morgan fingerprint density at radius 3 is 2.29 bits per heavy atom. The van der Waals surface area contributed by atoms with Crippen molar-refractivity contribution in [3.63, 3.8) is 0 Å². The third-order valence-corrected chi connectivity index (χ3v) is 4.65. The van der Waals surface area contributed by atoms with E-state index in [1.54, 1.807) is 11.2 Å². The molecule has 5 N–H and O–H groups in total. The number of hydrogen-bond donors (Lipinski definition) is 4. The van der Waals surface area contributed by atoms with Crippen molar-refractivity contribution in [2.75, 3.05) is 6.54 Å². The maximum Gasteiger partial charge on any atom is 0.0859 e. The number of rotatable bonds is 9.